The quantitative estimate of drug-likeness (QED) is 0.796. The van der Waals surface area contributed by atoms with Gasteiger partial charge in [0.1, 0.15) is 5.75 Å². The van der Waals surface area contributed by atoms with Gasteiger partial charge < -0.3 is 15.5 Å². The van der Waals surface area contributed by atoms with Crippen molar-refractivity contribution in [2.24, 2.45) is 5.92 Å². The number of hydrogen-bond acceptors (Lipinski definition) is 3. The number of rotatable bonds is 4. The lowest BCUT2D eigenvalue weighted by Crippen LogP contribution is -2.51. The number of halogens is 1. The van der Waals surface area contributed by atoms with Crippen LogP contribution in [-0.4, -0.2) is 22.4 Å². The summed E-state index contributed by atoms with van der Waals surface area (Å²) in [6, 6.07) is 5.43. The molecule has 0 bridgehead atoms. The third-order valence-electron chi connectivity index (χ3n) is 4.09. The molecule has 106 valence electrons. The molecule has 3 nitrogen and oxygen atoms in total. The minimum absolute atomic E-state index is 0.159. The molecule has 1 aliphatic carbocycles. The number of nitrogens with one attached hydrogen (secondary N) is 1. The van der Waals surface area contributed by atoms with E-state index in [0.717, 1.165) is 29.3 Å². The first-order valence-electron chi connectivity index (χ1n) is 6.88. The number of benzene rings is 1. The second-order valence-electron chi connectivity index (χ2n) is 5.77. The molecular formula is C15H22BrNO2. The van der Waals surface area contributed by atoms with E-state index in [1.165, 1.54) is 6.42 Å². The Morgan fingerprint density at radius 3 is 2.95 bits per heavy atom. The monoisotopic (exact) mass is 327 g/mol. The van der Waals surface area contributed by atoms with Crippen LogP contribution in [0.2, 0.25) is 0 Å². The van der Waals surface area contributed by atoms with Crippen LogP contribution >= 0.6 is 15.9 Å². The molecule has 0 saturated heterocycles. The van der Waals surface area contributed by atoms with Gasteiger partial charge >= 0.3 is 0 Å². The topological polar surface area (TPSA) is 52.5 Å². The van der Waals surface area contributed by atoms with Crippen molar-refractivity contribution >= 4 is 15.9 Å². The molecule has 1 fully saturated rings. The summed E-state index contributed by atoms with van der Waals surface area (Å²) in [6.07, 6.45) is 4.39. The van der Waals surface area contributed by atoms with Crippen LogP contribution in [0.5, 0.6) is 5.75 Å². The normalized spacial score (nSPS) is 27.4. The van der Waals surface area contributed by atoms with Gasteiger partial charge in [0.05, 0.1) is 6.61 Å². The predicted molar refractivity (Wildman–Crippen MR) is 80.1 cm³/mol. The van der Waals surface area contributed by atoms with E-state index in [0.29, 0.717) is 18.2 Å². The number of phenols is 1. The third kappa shape index (κ3) is 3.71. The number of aliphatic hydroxyl groups excluding tert-OH is 1. The van der Waals surface area contributed by atoms with Gasteiger partial charge in [-0.25, -0.2) is 0 Å². The van der Waals surface area contributed by atoms with Gasteiger partial charge in [0, 0.05) is 22.1 Å². The van der Waals surface area contributed by atoms with Crippen molar-refractivity contribution in [3.63, 3.8) is 0 Å². The van der Waals surface area contributed by atoms with Gasteiger partial charge in [-0.15, -0.1) is 0 Å². The van der Waals surface area contributed by atoms with E-state index >= 15 is 0 Å². The zero-order valence-corrected chi connectivity index (χ0v) is 12.9. The number of phenolic OH excluding ortho intramolecular Hbond substituents is 1. The lowest BCUT2D eigenvalue weighted by Gasteiger charge is -2.39. The van der Waals surface area contributed by atoms with Crippen LogP contribution in [0.1, 0.15) is 38.2 Å². The highest BCUT2D eigenvalue weighted by atomic mass is 79.9. The van der Waals surface area contributed by atoms with Crippen LogP contribution in [0.25, 0.3) is 0 Å². The Labute approximate surface area is 123 Å². The molecule has 1 saturated carbocycles. The number of aromatic hydroxyl groups is 1. The highest BCUT2D eigenvalue weighted by molar-refractivity contribution is 9.10. The van der Waals surface area contributed by atoms with Crippen molar-refractivity contribution in [1.82, 2.24) is 5.32 Å². The maximum Gasteiger partial charge on any atom is 0.120 e. The summed E-state index contributed by atoms with van der Waals surface area (Å²) in [7, 11) is 0. The largest absolute Gasteiger partial charge is 0.508 e. The van der Waals surface area contributed by atoms with E-state index in [-0.39, 0.29) is 12.1 Å². The first-order chi connectivity index (χ1) is 9.04. The lowest BCUT2D eigenvalue weighted by molar-refractivity contribution is 0.0980. The summed E-state index contributed by atoms with van der Waals surface area (Å²) < 4.78 is 0.956. The summed E-state index contributed by atoms with van der Waals surface area (Å²) in [5, 5.41) is 23.0. The van der Waals surface area contributed by atoms with Crippen LogP contribution in [0.3, 0.4) is 0 Å². The van der Waals surface area contributed by atoms with Gasteiger partial charge in [-0.05, 0) is 37.0 Å². The maximum absolute atomic E-state index is 9.85. The Kier molecular flexibility index (Phi) is 4.87. The second-order valence-corrected chi connectivity index (χ2v) is 6.68. The van der Waals surface area contributed by atoms with E-state index in [4.69, 9.17) is 0 Å². The summed E-state index contributed by atoms with van der Waals surface area (Å²) in [5.41, 5.74) is 0.673. The molecule has 1 aromatic rings. The SMILES string of the molecule is CC1CCCC(CO)(NCc2cc(Br)ccc2O)C1. The molecular weight excluding hydrogens is 306 g/mol. The first-order valence-corrected chi connectivity index (χ1v) is 7.67. The Hall–Kier alpha value is -0.580. The molecule has 0 heterocycles. The highest BCUT2D eigenvalue weighted by Crippen LogP contribution is 2.32. The van der Waals surface area contributed by atoms with E-state index in [2.05, 4.69) is 28.2 Å². The van der Waals surface area contributed by atoms with Gasteiger partial charge in [0.15, 0.2) is 0 Å². The molecule has 2 unspecified atom stereocenters. The Balaban J connectivity index is 2.05. The van der Waals surface area contributed by atoms with Crippen molar-refractivity contribution in [3.05, 3.63) is 28.2 Å². The van der Waals surface area contributed by atoms with E-state index in [1.807, 2.05) is 12.1 Å². The first kappa shape index (κ1) is 14.8. The molecule has 2 rings (SSSR count). The molecule has 0 amide bonds. The molecule has 0 aliphatic heterocycles. The summed E-state index contributed by atoms with van der Waals surface area (Å²) in [5.74, 6) is 0.942. The van der Waals surface area contributed by atoms with Crippen LogP contribution in [0.4, 0.5) is 0 Å². The number of aliphatic hydroxyl groups is 1. The van der Waals surface area contributed by atoms with Crippen molar-refractivity contribution < 1.29 is 10.2 Å². The van der Waals surface area contributed by atoms with Gasteiger partial charge in [-0.3, -0.25) is 0 Å². The smallest absolute Gasteiger partial charge is 0.120 e. The second kappa shape index (κ2) is 6.25. The number of hydrogen-bond donors (Lipinski definition) is 3. The average Bonchev–Trinajstić information content (AvgIpc) is 2.40. The summed E-state index contributed by atoms with van der Waals surface area (Å²) in [4.78, 5) is 0. The fourth-order valence-electron chi connectivity index (χ4n) is 3.00. The van der Waals surface area contributed by atoms with Gasteiger partial charge in [0.25, 0.3) is 0 Å². The summed E-state index contributed by atoms with van der Waals surface area (Å²) in [6.45, 7) is 2.98. The molecule has 4 heteroatoms. The highest BCUT2D eigenvalue weighted by Gasteiger charge is 2.33. The minimum atomic E-state index is -0.188. The van der Waals surface area contributed by atoms with Crippen molar-refractivity contribution in [3.8, 4) is 5.75 Å². The molecule has 1 aromatic carbocycles. The van der Waals surface area contributed by atoms with Crippen LogP contribution in [-0.2, 0) is 6.54 Å². The standard InChI is InChI=1S/C15H22BrNO2/c1-11-3-2-6-15(8-11,10-18)17-9-12-7-13(16)4-5-14(12)19/h4-5,7,11,17-19H,2-3,6,8-10H2,1H3. The van der Waals surface area contributed by atoms with E-state index < -0.39 is 0 Å². The molecule has 19 heavy (non-hydrogen) atoms. The Bertz CT molecular complexity index is 438. The Morgan fingerprint density at radius 2 is 2.26 bits per heavy atom. The van der Waals surface area contributed by atoms with Crippen LogP contribution < -0.4 is 5.32 Å². The maximum atomic E-state index is 9.85. The molecule has 0 spiro atoms. The average molecular weight is 328 g/mol. The van der Waals surface area contributed by atoms with Crippen LogP contribution in [0, 0.1) is 5.92 Å². The Morgan fingerprint density at radius 1 is 1.47 bits per heavy atom. The fraction of sp³-hybridized carbons (Fsp3) is 0.600. The predicted octanol–water partition coefficient (Wildman–Crippen LogP) is 3.19. The lowest BCUT2D eigenvalue weighted by atomic mass is 9.77. The minimum Gasteiger partial charge on any atom is -0.508 e. The van der Waals surface area contributed by atoms with E-state index in [1.54, 1.807) is 6.07 Å². The van der Waals surface area contributed by atoms with Gasteiger partial charge in [-0.1, -0.05) is 35.7 Å². The van der Waals surface area contributed by atoms with Gasteiger partial charge in [0.2, 0.25) is 0 Å². The molecule has 1 aliphatic rings. The molecule has 2 atom stereocenters. The van der Waals surface area contributed by atoms with Crippen molar-refractivity contribution in [2.45, 2.75) is 44.7 Å². The molecule has 0 radical (unpaired) electrons. The van der Waals surface area contributed by atoms with Crippen molar-refractivity contribution in [2.75, 3.05) is 6.61 Å². The van der Waals surface area contributed by atoms with Crippen LogP contribution in [0.15, 0.2) is 22.7 Å². The van der Waals surface area contributed by atoms with E-state index in [9.17, 15) is 10.2 Å². The molecule has 3 N–H and O–H groups in total. The van der Waals surface area contributed by atoms with Gasteiger partial charge in [-0.2, -0.15) is 0 Å². The third-order valence-corrected chi connectivity index (χ3v) is 4.58. The summed E-state index contributed by atoms with van der Waals surface area (Å²) >= 11 is 3.41. The molecule has 0 aromatic heterocycles. The van der Waals surface area contributed by atoms with Crippen molar-refractivity contribution in [1.29, 1.82) is 0 Å². The fourth-order valence-corrected chi connectivity index (χ4v) is 3.41. The zero-order chi connectivity index (χ0) is 13.9. The zero-order valence-electron chi connectivity index (χ0n) is 11.3.